The van der Waals surface area contributed by atoms with Crippen LogP contribution in [0.1, 0.15) is 66.8 Å². The highest BCUT2D eigenvalue weighted by atomic mass is 16.7. The minimum absolute atomic E-state index is 0.0214. The lowest BCUT2D eigenvalue weighted by Crippen LogP contribution is -2.41. The first-order chi connectivity index (χ1) is 13.8. The second-order valence-corrected chi connectivity index (χ2v) is 10.7. The molecular formula is C24H34B2O4. The van der Waals surface area contributed by atoms with Gasteiger partial charge in [0.25, 0.3) is 0 Å². The molecule has 1 atom stereocenters. The molecule has 2 aromatic carbocycles. The Balaban J connectivity index is 1.73. The Morgan fingerprint density at radius 1 is 0.667 bits per heavy atom. The van der Waals surface area contributed by atoms with E-state index in [9.17, 15) is 0 Å². The zero-order valence-electron chi connectivity index (χ0n) is 19.6. The molecular weight excluding hydrogens is 374 g/mol. The number of hydrogen-bond donors (Lipinski definition) is 0. The fourth-order valence-electron chi connectivity index (χ4n) is 4.28. The topological polar surface area (TPSA) is 36.9 Å². The average molecular weight is 408 g/mol. The zero-order valence-corrected chi connectivity index (χ0v) is 19.6. The Kier molecular flexibility index (Phi) is 5.18. The van der Waals surface area contributed by atoms with Crippen LogP contribution in [0.4, 0.5) is 0 Å². The van der Waals surface area contributed by atoms with Crippen LogP contribution in [0.15, 0.2) is 42.5 Å². The average Bonchev–Trinajstić information content (AvgIpc) is 2.98. The molecule has 0 spiro atoms. The van der Waals surface area contributed by atoms with Crippen molar-refractivity contribution in [2.45, 2.75) is 89.9 Å². The third kappa shape index (κ3) is 3.62. The maximum absolute atomic E-state index is 6.51. The monoisotopic (exact) mass is 408 g/mol. The smallest absolute Gasteiger partial charge is 0.403 e. The van der Waals surface area contributed by atoms with Crippen molar-refractivity contribution in [1.29, 1.82) is 0 Å². The second-order valence-electron chi connectivity index (χ2n) is 10.7. The Morgan fingerprint density at radius 2 is 1.17 bits per heavy atom. The molecule has 0 saturated carbocycles. The fourth-order valence-corrected chi connectivity index (χ4v) is 4.28. The van der Waals surface area contributed by atoms with Crippen molar-refractivity contribution in [3.8, 4) is 0 Å². The molecule has 0 amide bonds. The van der Waals surface area contributed by atoms with Gasteiger partial charge >= 0.3 is 14.2 Å². The van der Waals surface area contributed by atoms with Crippen molar-refractivity contribution in [2.24, 2.45) is 0 Å². The normalized spacial score (nSPS) is 25.1. The largest absolute Gasteiger partial charge is 0.465 e. The van der Waals surface area contributed by atoms with Gasteiger partial charge in [0.1, 0.15) is 0 Å². The maximum Gasteiger partial charge on any atom is 0.465 e. The van der Waals surface area contributed by atoms with Crippen LogP contribution >= 0.6 is 0 Å². The van der Waals surface area contributed by atoms with Gasteiger partial charge in [0.2, 0.25) is 0 Å². The molecule has 2 aliphatic rings. The summed E-state index contributed by atoms with van der Waals surface area (Å²) in [4.78, 5) is 0. The van der Waals surface area contributed by atoms with Crippen molar-refractivity contribution < 1.29 is 18.6 Å². The molecule has 2 aliphatic heterocycles. The molecule has 0 radical (unpaired) electrons. The molecule has 160 valence electrons. The molecule has 2 saturated heterocycles. The van der Waals surface area contributed by atoms with Gasteiger partial charge in [-0.05, 0) is 78.0 Å². The predicted molar refractivity (Wildman–Crippen MR) is 124 cm³/mol. The predicted octanol–water partition coefficient (Wildman–Crippen LogP) is 5.65. The van der Waals surface area contributed by atoms with E-state index in [4.69, 9.17) is 18.6 Å². The first kappa shape index (κ1) is 21.9. The van der Waals surface area contributed by atoms with E-state index in [2.05, 4.69) is 97.9 Å². The number of hydrogen-bond acceptors (Lipinski definition) is 4. The van der Waals surface area contributed by atoms with Crippen LogP contribution in [0.5, 0.6) is 0 Å². The molecule has 2 heterocycles. The van der Waals surface area contributed by atoms with E-state index in [1.54, 1.807) is 0 Å². The summed E-state index contributed by atoms with van der Waals surface area (Å²) in [5.41, 5.74) is -0.304. The van der Waals surface area contributed by atoms with E-state index < -0.39 is 11.2 Å². The lowest BCUT2D eigenvalue weighted by Gasteiger charge is -2.32. The third-order valence-electron chi connectivity index (χ3n) is 7.57. The maximum atomic E-state index is 6.51. The molecule has 4 nitrogen and oxygen atoms in total. The van der Waals surface area contributed by atoms with Gasteiger partial charge in [-0.15, -0.1) is 0 Å². The lowest BCUT2D eigenvalue weighted by molar-refractivity contribution is 0.00578. The van der Waals surface area contributed by atoms with Crippen molar-refractivity contribution in [3.05, 3.63) is 48.0 Å². The van der Waals surface area contributed by atoms with Gasteiger partial charge in [0.15, 0.2) is 0 Å². The molecule has 2 fully saturated rings. The number of benzene rings is 2. The van der Waals surface area contributed by atoms with Gasteiger partial charge in [0.05, 0.1) is 22.4 Å². The molecule has 1 unspecified atom stereocenters. The van der Waals surface area contributed by atoms with Crippen LogP contribution in [0.3, 0.4) is 0 Å². The Hall–Kier alpha value is -1.33. The zero-order chi connectivity index (χ0) is 21.9. The molecule has 6 heteroatoms. The minimum Gasteiger partial charge on any atom is -0.403 e. The van der Waals surface area contributed by atoms with E-state index in [1.165, 1.54) is 16.3 Å². The molecule has 2 aromatic rings. The summed E-state index contributed by atoms with van der Waals surface area (Å²) in [5.74, 6) is -0.0214. The Labute approximate surface area is 181 Å². The number of fused-ring (bicyclic) bond motifs is 1. The van der Waals surface area contributed by atoms with Crippen LogP contribution in [0.2, 0.25) is 6.32 Å². The van der Waals surface area contributed by atoms with Gasteiger partial charge in [0, 0.05) is 5.82 Å². The summed E-state index contributed by atoms with van der Waals surface area (Å²) in [6.45, 7) is 16.8. The van der Waals surface area contributed by atoms with Crippen LogP contribution < -0.4 is 0 Å². The first-order valence-corrected chi connectivity index (χ1v) is 11.0. The molecule has 0 aromatic heterocycles. The highest BCUT2D eigenvalue weighted by Gasteiger charge is 2.57. The van der Waals surface area contributed by atoms with E-state index in [0.717, 1.165) is 0 Å². The van der Waals surface area contributed by atoms with Crippen molar-refractivity contribution >= 4 is 25.0 Å². The highest BCUT2D eigenvalue weighted by Crippen LogP contribution is 2.46. The van der Waals surface area contributed by atoms with Gasteiger partial charge in [-0.3, -0.25) is 0 Å². The molecule has 30 heavy (non-hydrogen) atoms. The Morgan fingerprint density at radius 3 is 1.77 bits per heavy atom. The molecule has 0 aliphatic carbocycles. The van der Waals surface area contributed by atoms with Gasteiger partial charge in [-0.1, -0.05) is 42.5 Å². The van der Waals surface area contributed by atoms with E-state index >= 15 is 0 Å². The van der Waals surface area contributed by atoms with Crippen LogP contribution in [-0.2, 0) is 18.6 Å². The van der Waals surface area contributed by atoms with E-state index in [0.29, 0.717) is 6.32 Å². The van der Waals surface area contributed by atoms with Crippen molar-refractivity contribution in [1.82, 2.24) is 0 Å². The second kappa shape index (κ2) is 7.09. The van der Waals surface area contributed by atoms with Gasteiger partial charge < -0.3 is 18.6 Å². The van der Waals surface area contributed by atoms with Crippen LogP contribution in [0, 0.1) is 0 Å². The summed E-state index contributed by atoms with van der Waals surface area (Å²) in [7, 11) is -0.696. The summed E-state index contributed by atoms with van der Waals surface area (Å²) in [6, 6.07) is 14.9. The quantitative estimate of drug-likeness (QED) is 0.613. The Bertz CT molecular complexity index is 900. The molecule has 4 rings (SSSR count). The first-order valence-electron chi connectivity index (χ1n) is 11.0. The number of rotatable bonds is 4. The SMILES string of the molecule is CC1(C)OB(CC(B2OC(C)(C)C(C)(C)O2)c2cccc3ccccc23)OC1(C)C. The molecule has 0 bridgehead atoms. The molecule has 0 N–H and O–H groups in total. The summed E-state index contributed by atoms with van der Waals surface area (Å²) in [6.07, 6.45) is 0.664. The van der Waals surface area contributed by atoms with Crippen LogP contribution in [-0.4, -0.2) is 36.6 Å². The fraction of sp³-hybridized carbons (Fsp3) is 0.583. The minimum atomic E-state index is -0.392. The summed E-state index contributed by atoms with van der Waals surface area (Å²) >= 11 is 0. The van der Waals surface area contributed by atoms with Crippen molar-refractivity contribution in [2.75, 3.05) is 0 Å². The summed E-state index contributed by atoms with van der Waals surface area (Å²) in [5, 5.41) is 2.43. The van der Waals surface area contributed by atoms with Gasteiger partial charge in [-0.2, -0.15) is 0 Å². The van der Waals surface area contributed by atoms with E-state index in [1.807, 2.05) is 0 Å². The van der Waals surface area contributed by atoms with Gasteiger partial charge in [-0.25, -0.2) is 0 Å². The highest BCUT2D eigenvalue weighted by molar-refractivity contribution is 6.53. The van der Waals surface area contributed by atoms with Crippen molar-refractivity contribution in [3.63, 3.8) is 0 Å². The third-order valence-corrected chi connectivity index (χ3v) is 7.57. The standard InChI is InChI=1S/C24H34B2O4/c1-21(2)22(3,4)28-25(27-21)16-20(26-29-23(5,6)24(7,8)30-26)19-15-11-13-17-12-9-10-14-18(17)19/h9-15,20H,16H2,1-8H3. The lowest BCUT2D eigenvalue weighted by atomic mass is 9.58. The van der Waals surface area contributed by atoms with Crippen LogP contribution in [0.25, 0.3) is 10.8 Å². The van der Waals surface area contributed by atoms with E-state index in [-0.39, 0.29) is 31.3 Å². The summed E-state index contributed by atoms with van der Waals surface area (Å²) < 4.78 is 25.7.